The summed E-state index contributed by atoms with van der Waals surface area (Å²) in [5.41, 5.74) is 14.4. The number of hydrogen-bond acceptors (Lipinski definition) is 5. The lowest BCUT2D eigenvalue weighted by Gasteiger charge is -2.16. The topological polar surface area (TPSA) is 101 Å². The number of H-pyrrole nitrogens is 2. The summed E-state index contributed by atoms with van der Waals surface area (Å²) in [5.74, 6) is -0.477. The van der Waals surface area contributed by atoms with Gasteiger partial charge in [0.25, 0.3) is 0 Å². The first-order valence-electron chi connectivity index (χ1n) is 13.8. The zero-order chi connectivity index (χ0) is 28.7. The van der Waals surface area contributed by atoms with E-state index in [2.05, 4.69) is 87.1 Å². The SMILES string of the molecule is C=Cc1c(C)c2cc3nc(c(C)c4cc(C)c(cc5nc(cc1[nH]2)C(C)=C5CC)[nH]4)[C@@H](CCC(=O)OC=O)[C@@H]3C. The van der Waals surface area contributed by atoms with Crippen LogP contribution in [0.15, 0.2) is 30.8 Å². The fourth-order valence-electron chi connectivity index (χ4n) is 6.06. The lowest BCUT2D eigenvalue weighted by molar-refractivity contribution is -0.151. The van der Waals surface area contributed by atoms with Crippen molar-refractivity contribution in [2.24, 2.45) is 0 Å². The number of nitrogens with zero attached hydrogens (tertiary/aromatic N) is 2. The lowest BCUT2D eigenvalue weighted by Crippen LogP contribution is -2.09. The Morgan fingerprint density at radius 1 is 0.975 bits per heavy atom. The van der Waals surface area contributed by atoms with E-state index in [9.17, 15) is 9.59 Å². The lowest BCUT2D eigenvalue weighted by atomic mass is 9.86. The first-order valence-corrected chi connectivity index (χ1v) is 13.8. The summed E-state index contributed by atoms with van der Waals surface area (Å²) in [6.07, 6.45) is 3.44. The van der Waals surface area contributed by atoms with E-state index < -0.39 is 5.97 Å². The average Bonchev–Trinajstić information content (AvgIpc) is 3.62. The van der Waals surface area contributed by atoms with Crippen LogP contribution in [0, 0.1) is 20.8 Å². The number of nitrogens with one attached hydrogen (secondary N) is 2. The van der Waals surface area contributed by atoms with E-state index in [1.165, 1.54) is 11.1 Å². The van der Waals surface area contributed by atoms with Gasteiger partial charge in [0.05, 0.1) is 11.4 Å². The van der Waals surface area contributed by atoms with Gasteiger partial charge in [0, 0.05) is 57.3 Å². The van der Waals surface area contributed by atoms with Gasteiger partial charge in [0.15, 0.2) is 0 Å². The van der Waals surface area contributed by atoms with Crippen molar-refractivity contribution in [3.05, 3.63) is 75.9 Å². The number of aromatic nitrogens is 4. The maximum absolute atomic E-state index is 12.1. The van der Waals surface area contributed by atoms with Gasteiger partial charge >= 0.3 is 12.4 Å². The van der Waals surface area contributed by atoms with Crippen LogP contribution in [-0.2, 0) is 14.3 Å². The van der Waals surface area contributed by atoms with Crippen molar-refractivity contribution in [2.45, 2.75) is 72.6 Å². The van der Waals surface area contributed by atoms with Crippen molar-refractivity contribution in [3.8, 4) is 0 Å². The van der Waals surface area contributed by atoms with Crippen molar-refractivity contribution in [1.29, 1.82) is 0 Å². The summed E-state index contributed by atoms with van der Waals surface area (Å²) >= 11 is 0. The average molecular weight is 537 g/mol. The third-order valence-electron chi connectivity index (χ3n) is 8.52. The summed E-state index contributed by atoms with van der Waals surface area (Å²) in [7, 11) is 0. The van der Waals surface area contributed by atoms with Gasteiger partial charge in [0.2, 0.25) is 0 Å². The third-order valence-corrected chi connectivity index (χ3v) is 8.52. The number of aryl methyl sites for hydroxylation is 3. The van der Waals surface area contributed by atoms with Crippen LogP contribution in [0.25, 0.3) is 39.3 Å². The summed E-state index contributed by atoms with van der Waals surface area (Å²) in [4.78, 5) is 40.2. The van der Waals surface area contributed by atoms with Gasteiger partial charge in [-0.2, -0.15) is 0 Å². The first-order chi connectivity index (χ1) is 19.2. The second-order valence-electron chi connectivity index (χ2n) is 10.8. The fraction of sp³-hybridized carbons (Fsp3) is 0.333. The van der Waals surface area contributed by atoms with Gasteiger partial charge < -0.3 is 14.7 Å². The van der Waals surface area contributed by atoms with Gasteiger partial charge in [0.1, 0.15) is 0 Å². The molecule has 0 saturated carbocycles. The zero-order valence-corrected chi connectivity index (χ0v) is 24.1. The predicted octanol–water partition coefficient (Wildman–Crippen LogP) is 7.59. The highest BCUT2D eigenvalue weighted by molar-refractivity contribution is 5.93. The van der Waals surface area contributed by atoms with Crippen molar-refractivity contribution >= 4 is 51.7 Å². The number of aromatic amines is 2. The van der Waals surface area contributed by atoms with Crippen LogP contribution in [0.4, 0.5) is 0 Å². The van der Waals surface area contributed by atoms with Gasteiger partial charge in [-0.1, -0.05) is 26.5 Å². The summed E-state index contributed by atoms with van der Waals surface area (Å²) in [5, 5.41) is 0. The van der Waals surface area contributed by atoms with Crippen LogP contribution in [0.3, 0.4) is 0 Å². The second kappa shape index (κ2) is 10.7. The number of esters is 1. The minimum atomic E-state index is -0.526. The molecule has 2 aliphatic rings. The van der Waals surface area contributed by atoms with E-state index in [0.29, 0.717) is 6.42 Å². The maximum atomic E-state index is 12.1. The Kier molecular flexibility index (Phi) is 7.32. The summed E-state index contributed by atoms with van der Waals surface area (Å²) in [6, 6.07) is 8.51. The molecule has 0 saturated heterocycles. The zero-order valence-electron chi connectivity index (χ0n) is 24.1. The standard InChI is InChI=1S/C33H36N4O3/c1-8-22-19(5)28-15-31-23(9-2)18(4)27(35-31)14-29-20(6)24(10-11-32(39)40-16-38)33(37-29)21(7)26-12-17(3)25(34-26)13-30(22)36-28/h9,12-16,20,24,34-35H,2,8,10-11H2,1,3-7H3/t20-,24-/m0/s1. The van der Waals surface area contributed by atoms with Crippen LogP contribution < -0.4 is 0 Å². The number of allylic oxidation sites excluding steroid dienone is 2. The van der Waals surface area contributed by atoms with E-state index in [4.69, 9.17) is 9.97 Å². The van der Waals surface area contributed by atoms with Crippen molar-refractivity contribution in [3.63, 3.8) is 0 Å². The molecule has 3 aromatic rings. The third kappa shape index (κ3) is 4.70. The van der Waals surface area contributed by atoms with Crippen LogP contribution in [0.1, 0.15) is 96.9 Å². The van der Waals surface area contributed by atoms with E-state index in [0.717, 1.165) is 73.5 Å². The Labute approximate surface area is 234 Å². The van der Waals surface area contributed by atoms with Gasteiger partial charge in [-0.3, -0.25) is 14.6 Å². The van der Waals surface area contributed by atoms with Gasteiger partial charge in [-0.15, -0.1) is 0 Å². The van der Waals surface area contributed by atoms with Crippen molar-refractivity contribution in [2.75, 3.05) is 0 Å². The molecule has 206 valence electrons. The quantitative estimate of drug-likeness (QED) is 0.192. The highest BCUT2D eigenvalue weighted by Gasteiger charge is 2.31. The molecule has 0 amide bonds. The second-order valence-corrected chi connectivity index (χ2v) is 10.8. The van der Waals surface area contributed by atoms with Gasteiger partial charge in [-0.25, -0.2) is 4.98 Å². The number of rotatable bonds is 6. The molecule has 7 heteroatoms. The van der Waals surface area contributed by atoms with Gasteiger partial charge in [-0.05, 0) is 92.6 Å². The number of ether oxygens (including phenoxy) is 1. The fourth-order valence-corrected chi connectivity index (χ4v) is 6.06. The van der Waals surface area contributed by atoms with Crippen molar-refractivity contribution < 1.29 is 14.3 Å². The smallest absolute Gasteiger partial charge is 0.313 e. The monoisotopic (exact) mass is 536 g/mol. The molecule has 8 bridgehead atoms. The Bertz CT molecular complexity index is 1740. The molecule has 2 aliphatic heterocycles. The van der Waals surface area contributed by atoms with E-state index in [-0.39, 0.29) is 24.7 Å². The molecule has 0 unspecified atom stereocenters. The largest absolute Gasteiger partial charge is 0.395 e. The molecule has 40 heavy (non-hydrogen) atoms. The molecular weight excluding hydrogens is 500 g/mol. The minimum Gasteiger partial charge on any atom is -0.395 e. The molecule has 0 aromatic carbocycles. The highest BCUT2D eigenvalue weighted by Crippen LogP contribution is 2.42. The molecule has 7 nitrogen and oxygen atoms in total. The van der Waals surface area contributed by atoms with E-state index >= 15 is 0 Å². The minimum absolute atomic E-state index is 0.00873. The van der Waals surface area contributed by atoms with Crippen LogP contribution >= 0.6 is 0 Å². The Hall–Kier alpha value is -4.26. The molecule has 2 atom stereocenters. The number of carbonyl (C=O) groups excluding carboxylic acids is 2. The molecule has 0 aliphatic carbocycles. The maximum Gasteiger partial charge on any atom is 0.313 e. The Morgan fingerprint density at radius 2 is 1.68 bits per heavy atom. The first kappa shape index (κ1) is 27.3. The molecular formula is C33H36N4O3. The Balaban J connectivity index is 1.85. The number of fused-ring (bicyclic) bond motifs is 8. The summed E-state index contributed by atoms with van der Waals surface area (Å²) < 4.78 is 4.57. The predicted molar refractivity (Wildman–Crippen MR) is 161 cm³/mol. The number of hydrogen-bond donors (Lipinski definition) is 2. The van der Waals surface area contributed by atoms with E-state index in [1.807, 2.05) is 6.08 Å². The van der Waals surface area contributed by atoms with Crippen molar-refractivity contribution in [1.82, 2.24) is 19.9 Å². The highest BCUT2D eigenvalue weighted by atomic mass is 16.6. The molecule has 2 N–H and O–H groups in total. The van der Waals surface area contributed by atoms with E-state index in [1.54, 1.807) is 0 Å². The Morgan fingerprint density at radius 3 is 2.38 bits per heavy atom. The molecule has 5 rings (SSSR count). The van der Waals surface area contributed by atoms with Crippen LogP contribution in [0.5, 0.6) is 0 Å². The van der Waals surface area contributed by atoms with Crippen LogP contribution in [0.2, 0.25) is 0 Å². The molecule has 5 heterocycles. The molecule has 0 fully saturated rings. The molecule has 0 radical (unpaired) electrons. The normalized spacial score (nSPS) is 16.8. The number of carbonyl (C=O) groups is 2. The van der Waals surface area contributed by atoms with Crippen LogP contribution in [-0.4, -0.2) is 32.4 Å². The molecule has 0 spiro atoms. The molecule has 3 aromatic heterocycles. The summed E-state index contributed by atoms with van der Waals surface area (Å²) in [6.45, 7) is 17.0.